The van der Waals surface area contributed by atoms with Gasteiger partial charge in [-0.1, -0.05) is 0 Å². The highest BCUT2D eigenvalue weighted by Crippen LogP contribution is 2.08. The second-order valence-electron chi connectivity index (χ2n) is 4.42. The summed E-state index contributed by atoms with van der Waals surface area (Å²) < 4.78 is 1.81. The van der Waals surface area contributed by atoms with Crippen molar-refractivity contribution >= 4 is 0 Å². The SMILES string of the molecule is CC(C#N)N1CCN(Cc2ncnn2C)CC1. The highest BCUT2D eigenvalue weighted by atomic mass is 15.3. The zero-order valence-electron chi connectivity index (χ0n) is 10.4. The minimum Gasteiger partial charge on any atom is -0.293 e. The number of rotatable bonds is 3. The van der Waals surface area contributed by atoms with Crippen LogP contribution in [-0.4, -0.2) is 56.8 Å². The van der Waals surface area contributed by atoms with Gasteiger partial charge in [-0.2, -0.15) is 10.4 Å². The maximum Gasteiger partial charge on any atom is 0.140 e. The molecule has 1 aromatic rings. The van der Waals surface area contributed by atoms with Gasteiger partial charge in [-0.15, -0.1) is 0 Å². The Morgan fingerprint density at radius 2 is 2.12 bits per heavy atom. The van der Waals surface area contributed by atoms with Gasteiger partial charge in [0, 0.05) is 33.2 Å². The molecule has 1 saturated heterocycles. The van der Waals surface area contributed by atoms with E-state index in [1.807, 2.05) is 18.7 Å². The van der Waals surface area contributed by atoms with Crippen molar-refractivity contribution in [2.45, 2.75) is 19.5 Å². The summed E-state index contributed by atoms with van der Waals surface area (Å²) >= 11 is 0. The minimum atomic E-state index is 0.0204. The van der Waals surface area contributed by atoms with Crippen LogP contribution in [0.3, 0.4) is 0 Å². The quantitative estimate of drug-likeness (QED) is 0.727. The lowest BCUT2D eigenvalue weighted by Crippen LogP contribution is -2.49. The van der Waals surface area contributed by atoms with Gasteiger partial charge in [0.05, 0.1) is 18.7 Å². The van der Waals surface area contributed by atoms with Crippen LogP contribution >= 0.6 is 0 Å². The van der Waals surface area contributed by atoms with Crippen molar-refractivity contribution in [3.8, 4) is 6.07 Å². The highest BCUT2D eigenvalue weighted by Gasteiger charge is 2.21. The fraction of sp³-hybridized carbons (Fsp3) is 0.727. The third-order valence-electron chi connectivity index (χ3n) is 3.31. The van der Waals surface area contributed by atoms with Crippen LogP contribution in [0, 0.1) is 11.3 Å². The predicted octanol–water partition coefficient (Wildman–Crippen LogP) is -0.155. The first-order chi connectivity index (χ1) is 8.20. The molecule has 0 bridgehead atoms. The van der Waals surface area contributed by atoms with Gasteiger partial charge in [0.25, 0.3) is 0 Å². The first-order valence-electron chi connectivity index (χ1n) is 5.89. The van der Waals surface area contributed by atoms with Crippen molar-refractivity contribution in [3.63, 3.8) is 0 Å². The molecule has 1 aliphatic rings. The number of hydrogen-bond donors (Lipinski definition) is 0. The van der Waals surface area contributed by atoms with Gasteiger partial charge in [-0.25, -0.2) is 4.98 Å². The molecule has 6 heteroatoms. The summed E-state index contributed by atoms with van der Waals surface area (Å²) in [5.41, 5.74) is 0. The zero-order chi connectivity index (χ0) is 12.3. The number of piperazine rings is 1. The Morgan fingerprint density at radius 3 is 2.65 bits per heavy atom. The second kappa shape index (κ2) is 5.25. The molecule has 1 aromatic heterocycles. The fourth-order valence-corrected chi connectivity index (χ4v) is 2.05. The maximum absolute atomic E-state index is 8.87. The van der Waals surface area contributed by atoms with E-state index in [-0.39, 0.29) is 6.04 Å². The Hall–Kier alpha value is -1.45. The minimum absolute atomic E-state index is 0.0204. The molecule has 1 unspecified atom stereocenters. The van der Waals surface area contributed by atoms with Crippen LogP contribution in [-0.2, 0) is 13.6 Å². The molecule has 0 amide bonds. The second-order valence-corrected chi connectivity index (χ2v) is 4.42. The van der Waals surface area contributed by atoms with Crippen molar-refractivity contribution in [3.05, 3.63) is 12.2 Å². The lowest BCUT2D eigenvalue weighted by atomic mass is 10.2. The molecule has 0 spiro atoms. The summed E-state index contributed by atoms with van der Waals surface area (Å²) in [6.45, 7) is 6.67. The topological polar surface area (TPSA) is 61.0 Å². The van der Waals surface area contributed by atoms with Crippen LogP contribution in [0.2, 0.25) is 0 Å². The van der Waals surface area contributed by atoms with E-state index in [4.69, 9.17) is 5.26 Å². The molecule has 2 heterocycles. The van der Waals surface area contributed by atoms with Crippen molar-refractivity contribution in [2.24, 2.45) is 7.05 Å². The normalized spacial score (nSPS) is 20.1. The third-order valence-corrected chi connectivity index (χ3v) is 3.31. The van der Waals surface area contributed by atoms with Crippen LogP contribution in [0.15, 0.2) is 6.33 Å². The van der Waals surface area contributed by atoms with Gasteiger partial charge in [0.2, 0.25) is 0 Å². The Bertz CT molecular complexity index is 398. The number of aryl methyl sites for hydroxylation is 1. The molecule has 0 aromatic carbocycles. The summed E-state index contributed by atoms with van der Waals surface area (Å²) in [6, 6.07) is 2.31. The van der Waals surface area contributed by atoms with Crippen LogP contribution in [0.25, 0.3) is 0 Å². The molecule has 92 valence electrons. The lowest BCUT2D eigenvalue weighted by Gasteiger charge is -2.35. The number of hydrogen-bond acceptors (Lipinski definition) is 5. The molecule has 1 aliphatic heterocycles. The van der Waals surface area contributed by atoms with E-state index in [0.29, 0.717) is 0 Å². The van der Waals surface area contributed by atoms with Gasteiger partial charge in [0.15, 0.2) is 0 Å². The van der Waals surface area contributed by atoms with E-state index in [1.165, 1.54) is 0 Å². The molecule has 0 saturated carbocycles. The molecule has 0 aliphatic carbocycles. The molecule has 0 N–H and O–H groups in total. The Labute approximate surface area is 101 Å². The number of nitrogens with zero attached hydrogens (tertiary/aromatic N) is 6. The van der Waals surface area contributed by atoms with Crippen molar-refractivity contribution < 1.29 is 0 Å². The van der Waals surface area contributed by atoms with E-state index < -0.39 is 0 Å². The van der Waals surface area contributed by atoms with Crippen LogP contribution in [0.1, 0.15) is 12.7 Å². The molecule has 1 atom stereocenters. The summed E-state index contributed by atoms with van der Waals surface area (Å²) in [7, 11) is 1.91. The first kappa shape index (κ1) is 12.0. The Kier molecular flexibility index (Phi) is 3.71. The number of nitriles is 1. The Balaban J connectivity index is 1.84. The van der Waals surface area contributed by atoms with Crippen molar-refractivity contribution in [1.82, 2.24) is 24.6 Å². The molecule has 1 fully saturated rings. The maximum atomic E-state index is 8.87. The van der Waals surface area contributed by atoms with E-state index >= 15 is 0 Å². The largest absolute Gasteiger partial charge is 0.293 e. The van der Waals surface area contributed by atoms with Gasteiger partial charge < -0.3 is 0 Å². The standard InChI is InChI=1S/C11H18N6/c1-10(7-12)17-5-3-16(4-6-17)8-11-13-9-14-15(11)2/h9-10H,3-6,8H2,1-2H3. The Morgan fingerprint density at radius 1 is 1.41 bits per heavy atom. The summed E-state index contributed by atoms with van der Waals surface area (Å²) in [5.74, 6) is 0.992. The third kappa shape index (κ3) is 2.81. The summed E-state index contributed by atoms with van der Waals surface area (Å²) in [6.07, 6.45) is 1.59. The number of aromatic nitrogens is 3. The molecule has 6 nitrogen and oxygen atoms in total. The summed E-state index contributed by atoms with van der Waals surface area (Å²) in [4.78, 5) is 8.79. The van der Waals surface area contributed by atoms with Crippen LogP contribution < -0.4 is 0 Å². The predicted molar refractivity (Wildman–Crippen MR) is 62.9 cm³/mol. The van der Waals surface area contributed by atoms with E-state index in [1.54, 1.807) is 6.33 Å². The monoisotopic (exact) mass is 234 g/mol. The molecule has 0 radical (unpaired) electrons. The average Bonchev–Trinajstić information content (AvgIpc) is 2.75. The zero-order valence-corrected chi connectivity index (χ0v) is 10.4. The van der Waals surface area contributed by atoms with Crippen LogP contribution in [0.4, 0.5) is 0 Å². The molecular weight excluding hydrogens is 216 g/mol. The van der Waals surface area contributed by atoms with Crippen molar-refractivity contribution in [2.75, 3.05) is 26.2 Å². The van der Waals surface area contributed by atoms with Gasteiger partial charge in [-0.3, -0.25) is 14.5 Å². The molecule has 17 heavy (non-hydrogen) atoms. The van der Waals surface area contributed by atoms with Gasteiger partial charge in [0.1, 0.15) is 12.2 Å². The van der Waals surface area contributed by atoms with Crippen LogP contribution in [0.5, 0.6) is 0 Å². The summed E-state index contributed by atoms with van der Waals surface area (Å²) in [5, 5.41) is 12.9. The van der Waals surface area contributed by atoms with E-state index in [9.17, 15) is 0 Å². The van der Waals surface area contributed by atoms with Crippen molar-refractivity contribution in [1.29, 1.82) is 5.26 Å². The van der Waals surface area contributed by atoms with Gasteiger partial charge in [-0.05, 0) is 6.92 Å². The average molecular weight is 234 g/mol. The fourth-order valence-electron chi connectivity index (χ4n) is 2.05. The molecule has 2 rings (SSSR count). The lowest BCUT2D eigenvalue weighted by molar-refractivity contribution is 0.111. The first-order valence-corrected chi connectivity index (χ1v) is 5.89. The van der Waals surface area contributed by atoms with Gasteiger partial charge >= 0.3 is 0 Å². The highest BCUT2D eigenvalue weighted by molar-refractivity contribution is 4.91. The smallest absolute Gasteiger partial charge is 0.140 e. The van der Waals surface area contributed by atoms with E-state index in [2.05, 4.69) is 26.0 Å². The van der Waals surface area contributed by atoms with E-state index in [0.717, 1.165) is 38.5 Å². The molecular formula is C11H18N6.